The van der Waals surface area contributed by atoms with Crippen LogP contribution in [0.15, 0.2) is 35.1 Å². The molecule has 0 spiro atoms. The number of nitrogens with one attached hydrogen (secondary N) is 1. The first kappa shape index (κ1) is 17.0. The van der Waals surface area contributed by atoms with Gasteiger partial charge >= 0.3 is 0 Å². The minimum atomic E-state index is -2.60. The molecular formula is C16H12F2N6O3. The molecule has 0 aliphatic heterocycles. The van der Waals surface area contributed by atoms with E-state index in [9.17, 15) is 13.9 Å². The van der Waals surface area contributed by atoms with Gasteiger partial charge in [-0.3, -0.25) is 0 Å². The Kier molecular flexibility index (Phi) is 4.42. The van der Waals surface area contributed by atoms with Gasteiger partial charge in [-0.25, -0.2) is 23.7 Å². The van der Waals surface area contributed by atoms with Crippen molar-refractivity contribution in [1.82, 2.24) is 30.1 Å². The van der Waals surface area contributed by atoms with E-state index in [4.69, 9.17) is 9.26 Å². The lowest BCUT2D eigenvalue weighted by Crippen LogP contribution is -2.08. The Morgan fingerprint density at radius 2 is 2.07 bits per heavy atom. The Bertz CT molecular complexity index is 1060. The van der Waals surface area contributed by atoms with E-state index < -0.39 is 13.0 Å². The number of aliphatic hydroxyl groups is 1. The van der Waals surface area contributed by atoms with Gasteiger partial charge < -0.3 is 19.4 Å². The van der Waals surface area contributed by atoms with Crippen molar-refractivity contribution < 1.29 is 23.1 Å². The van der Waals surface area contributed by atoms with Gasteiger partial charge in [0.25, 0.3) is 12.3 Å². The van der Waals surface area contributed by atoms with Crippen LogP contribution < -0.4 is 4.74 Å². The van der Waals surface area contributed by atoms with Gasteiger partial charge in [-0.15, -0.1) is 0 Å². The highest BCUT2D eigenvalue weighted by molar-refractivity contribution is 5.89. The number of aromatic nitrogens is 6. The van der Waals surface area contributed by atoms with E-state index in [0.29, 0.717) is 22.6 Å². The highest BCUT2D eigenvalue weighted by Crippen LogP contribution is 2.27. The van der Waals surface area contributed by atoms with Crippen LogP contribution in [0.4, 0.5) is 8.78 Å². The topological polar surface area (TPSA) is 123 Å². The van der Waals surface area contributed by atoms with Gasteiger partial charge in [-0.1, -0.05) is 11.2 Å². The van der Waals surface area contributed by atoms with E-state index in [0.717, 1.165) is 5.52 Å². The SMILES string of the molecule is OCc1nc2c(-c3nc(-c4cnc(OCC(F)F)cn4)no3)cccc2[nH]1. The molecule has 0 unspecified atom stereocenters. The molecule has 0 aliphatic rings. The summed E-state index contributed by atoms with van der Waals surface area (Å²) in [7, 11) is 0. The number of aliphatic hydroxyl groups excluding tert-OH is 1. The number of rotatable bonds is 6. The molecular weight excluding hydrogens is 362 g/mol. The van der Waals surface area contributed by atoms with Crippen molar-refractivity contribution in [2.45, 2.75) is 13.0 Å². The van der Waals surface area contributed by atoms with Crippen LogP contribution in [0.3, 0.4) is 0 Å². The van der Waals surface area contributed by atoms with Crippen LogP contribution in [-0.2, 0) is 6.61 Å². The molecule has 0 bridgehead atoms. The molecule has 27 heavy (non-hydrogen) atoms. The number of nitrogens with zero attached hydrogens (tertiary/aromatic N) is 5. The second kappa shape index (κ2) is 7.03. The largest absolute Gasteiger partial charge is 0.470 e. The zero-order chi connectivity index (χ0) is 18.8. The minimum Gasteiger partial charge on any atom is -0.470 e. The number of H-pyrrole nitrogens is 1. The van der Waals surface area contributed by atoms with Crippen molar-refractivity contribution in [1.29, 1.82) is 0 Å². The van der Waals surface area contributed by atoms with Crippen molar-refractivity contribution in [3.63, 3.8) is 0 Å². The van der Waals surface area contributed by atoms with E-state index in [1.807, 2.05) is 6.07 Å². The lowest BCUT2D eigenvalue weighted by Gasteiger charge is -2.03. The van der Waals surface area contributed by atoms with Gasteiger partial charge in [-0.05, 0) is 12.1 Å². The Balaban J connectivity index is 1.61. The van der Waals surface area contributed by atoms with Crippen LogP contribution in [0.1, 0.15) is 5.82 Å². The third-order valence-corrected chi connectivity index (χ3v) is 3.58. The summed E-state index contributed by atoms with van der Waals surface area (Å²) in [6, 6.07) is 5.36. The molecule has 0 fully saturated rings. The zero-order valence-corrected chi connectivity index (χ0v) is 13.6. The first-order chi connectivity index (χ1) is 13.1. The van der Waals surface area contributed by atoms with Crippen molar-refractivity contribution >= 4 is 11.0 Å². The third-order valence-electron chi connectivity index (χ3n) is 3.58. The third kappa shape index (κ3) is 3.44. The summed E-state index contributed by atoms with van der Waals surface area (Å²) in [5.74, 6) is 0.780. The smallest absolute Gasteiger partial charge is 0.272 e. The number of benzene rings is 1. The van der Waals surface area contributed by atoms with Crippen LogP contribution in [0.5, 0.6) is 5.88 Å². The summed E-state index contributed by atoms with van der Waals surface area (Å²) >= 11 is 0. The number of hydrogen-bond donors (Lipinski definition) is 2. The van der Waals surface area contributed by atoms with Gasteiger partial charge in [0.05, 0.1) is 23.5 Å². The number of halogens is 2. The summed E-state index contributed by atoms with van der Waals surface area (Å²) in [5.41, 5.74) is 2.18. The second-order valence-electron chi connectivity index (χ2n) is 5.41. The molecule has 0 saturated heterocycles. The maximum absolute atomic E-state index is 12.1. The molecule has 1 aromatic carbocycles. The van der Waals surface area contributed by atoms with Crippen LogP contribution >= 0.6 is 0 Å². The number of para-hydroxylation sites is 1. The molecule has 4 aromatic rings. The predicted molar refractivity (Wildman–Crippen MR) is 87.8 cm³/mol. The molecule has 3 heterocycles. The average molecular weight is 374 g/mol. The van der Waals surface area contributed by atoms with Crippen molar-refractivity contribution in [2.75, 3.05) is 6.61 Å². The van der Waals surface area contributed by atoms with E-state index in [1.54, 1.807) is 12.1 Å². The highest BCUT2D eigenvalue weighted by Gasteiger charge is 2.16. The highest BCUT2D eigenvalue weighted by atomic mass is 19.3. The lowest BCUT2D eigenvalue weighted by molar-refractivity contribution is 0.0794. The predicted octanol–water partition coefficient (Wildman–Crippen LogP) is 2.21. The van der Waals surface area contributed by atoms with Gasteiger partial charge in [-0.2, -0.15) is 4.98 Å². The number of alkyl halides is 2. The molecule has 4 rings (SSSR count). The van der Waals surface area contributed by atoms with E-state index >= 15 is 0 Å². The number of ether oxygens (including phenoxy) is 1. The number of fused-ring (bicyclic) bond motifs is 1. The monoisotopic (exact) mass is 374 g/mol. The number of hydrogen-bond acceptors (Lipinski definition) is 8. The van der Waals surface area contributed by atoms with Crippen LogP contribution in [0.25, 0.3) is 34.0 Å². The zero-order valence-electron chi connectivity index (χ0n) is 13.6. The fourth-order valence-corrected chi connectivity index (χ4v) is 2.42. The average Bonchev–Trinajstić information content (AvgIpc) is 3.33. The molecule has 3 aromatic heterocycles. The summed E-state index contributed by atoms with van der Waals surface area (Å²) in [6.45, 7) is -0.983. The molecule has 138 valence electrons. The van der Waals surface area contributed by atoms with Crippen LogP contribution in [0.2, 0.25) is 0 Å². The Morgan fingerprint density at radius 1 is 1.19 bits per heavy atom. The van der Waals surface area contributed by atoms with E-state index in [-0.39, 0.29) is 24.2 Å². The van der Waals surface area contributed by atoms with Gasteiger partial charge in [0.2, 0.25) is 11.7 Å². The molecule has 11 heteroatoms. The Morgan fingerprint density at radius 3 is 2.81 bits per heavy atom. The first-order valence-electron chi connectivity index (χ1n) is 7.80. The molecule has 0 amide bonds. The van der Waals surface area contributed by atoms with Crippen LogP contribution in [-0.4, -0.2) is 48.2 Å². The maximum Gasteiger partial charge on any atom is 0.272 e. The quantitative estimate of drug-likeness (QED) is 0.527. The Labute approximate surface area is 150 Å². The van der Waals surface area contributed by atoms with Gasteiger partial charge in [0.15, 0.2) is 6.61 Å². The standard InChI is InChI=1S/C16H12F2N6O3/c17-11(18)7-26-13-5-19-10(4-20-13)15-23-16(27-24-15)8-2-1-3-9-14(8)22-12(6-25)21-9/h1-5,11,25H,6-7H2,(H,21,22). The number of imidazole rings is 1. The molecule has 0 saturated carbocycles. The second-order valence-corrected chi connectivity index (χ2v) is 5.41. The Hall–Kier alpha value is -3.47. The van der Waals surface area contributed by atoms with E-state index in [2.05, 4.69) is 30.1 Å². The first-order valence-corrected chi connectivity index (χ1v) is 7.80. The van der Waals surface area contributed by atoms with Gasteiger partial charge in [0.1, 0.15) is 23.6 Å². The number of aromatic amines is 1. The van der Waals surface area contributed by atoms with Crippen molar-refractivity contribution in [2.24, 2.45) is 0 Å². The summed E-state index contributed by atoms with van der Waals surface area (Å²) < 4.78 is 34.3. The normalized spacial score (nSPS) is 11.4. The molecule has 0 atom stereocenters. The fraction of sp³-hybridized carbons (Fsp3) is 0.188. The summed E-state index contributed by atoms with van der Waals surface area (Å²) in [5, 5.41) is 13.1. The van der Waals surface area contributed by atoms with Crippen LogP contribution in [0, 0.1) is 0 Å². The summed E-state index contributed by atoms with van der Waals surface area (Å²) in [6.07, 6.45) is -0.0910. The van der Waals surface area contributed by atoms with Crippen molar-refractivity contribution in [3.05, 3.63) is 36.4 Å². The minimum absolute atomic E-state index is 0.0272. The van der Waals surface area contributed by atoms with Gasteiger partial charge in [0, 0.05) is 0 Å². The lowest BCUT2D eigenvalue weighted by atomic mass is 10.2. The van der Waals surface area contributed by atoms with Crippen molar-refractivity contribution in [3.8, 4) is 28.9 Å². The fourth-order valence-electron chi connectivity index (χ4n) is 2.42. The van der Waals surface area contributed by atoms with E-state index in [1.165, 1.54) is 12.4 Å². The molecule has 9 nitrogen and oxygen atoms in total. The molecule has 2 N–H and O–H groups in total. The summed E-state index contributed by atoms with van der Waals surface area (Å²) in [4.78, 5) is 19.5. The molecule has 0 radical (unpaired) electrons. The molecule has 0 aliphatic carbocycles. The maximum atomic E-state index is 12.1.